The Balaban J connectivity index is 2.05. The topological polar surface area (TPSA) is 95.2 Å². The van der Waals surface area contributed by atoms with Crippen LogP contribution in [0.2, 0.25) is 0 Å². The van der Waals surface area contributed by atoms with Crippen molar-refractivity contribution in [3.05, 3.63) is 42.1 Å². The van der Waals surface area contributed by atoms with Gasteiger partial charge in [0.15, 0.2) is 0 Å². The third-order valence-corrected chi connectivity index (χ3v) is 8.88. The van der Waals surface area contributed by atoms with Crippen LogP contribution >= 0.6 is 0 Å². The van der Waals surface area contributed by atoms with E-state index in [1.807, 2.05) is 57.2 Å². The number of ether oxygens (including phenoxy) is 2. The zero-order valence-electron chi connectivity index (χ0n) is 28.2. The molecule has 0 spiro atoms. The molecule has 1 fully saturated rings. The van der Waals surface area contributed by atoms with Gasteiger partial charge in [0.25, 0.3) is 0 Å². The lowest BCUT2D eigenvalue weighted by Gasteiger charge is -2.36. The van der Waals surface area contributed by atoms with Gasteiger partial charge in [-0.15, -0.1) is 0 Å². The van der Waals surface area contributed by atoms with Crippen LogP contribution in [0.3, 0.4) is 0 Å². The highest BCUT2D eigenvalue weighted by atomic mass is 16.5. The summed E-state index contributed by atoms with van der Waals surface area (Å²) in [7, 11) is 7.43. The van der Waals surface area contributed by atoms with E-state index in [-0.39, 0.29) is 48.1 Å². The number of benzene rings is 1. The van der Waals surface area contributed by atoms with Crippen molar-refractivity contribution in [2.24, 2.45) is 11.8 Å². The Hall–Kier alpha value is -2.62. The zero-order chi connectivity index (χ0) is 32.1. The maximum absolute atomic E-state index is 13.7. The van der Waals surface area contributed by atoms with Crippen molar-refractivity contribution in [3.8, 4) is 0 Å². The summed E-state index contributed by atoms with van der Waals surface area (Å²) in [5, 5.41) is 9.37. The van der Waals surface area contributed by atoms with Gasteiger partial charge in [-0.1, -0.05) is 45.9 Å². The maximum Gasteiger partial charge on any atom is 0.225 e. The van der Waals surface area contributed by atoms with Gasteiger partial charge in [-0.25, -0.2) is 0 Å². The second kappa shape index (κ2) is 18.2. The fraction of sp³-hybridized carbons (Fsp3) is 0.706. The Morgan fingerprint density at radius 3 is 2.33 bits per heavy atom. The second-order valence-electron chi connectivity index (χ2n) is 12.5. The molecule has 2 rings (SSSR count). The summed E-state index contributed by atoms with van der Waals surface area (Å²) in [4.78, 5) is 31.2. The van der Waals surface area contributed by atoms with Crippen LogP contribution in [0.15, 0.2) is 36.5 Å². The molecule has 0 saturated carbocycles. The normalized spacial score (nSPS) is 18.6. The predicted octanol–water partition coefficient (Wildman–Crippen LogP) is 5.16. The van der Waals surface area contributed by atoms with Crippen LogP contribution < -0.4 is 16.0 Å². The number of likely N-dealkylation sites (tertiary alicyclic amines) is 1. The summed E-state index contributed by atoms with van der Waals surface area (Å²) >= 11 is 0. The number of carbonyl (C=O) groups excluding carboxylic acids is 2. The summed E-state index contributed by atoms with van der Waals surface area (Å²) in [6.07, 6.45) is 3.73. The molecule has 0 aliphatic carbocycles. The van der Waals surface area contributed by atoms with Crippen LogP contribution in [-0.2, 0) is 19.1 Å². The van der Waals surface area contributed by atoms with E-state index in [1.165, 1.54) is 0 Å². The fourth-order valence-electron chi connectivity index (χ4n) is 6.21. The van der Waals surface area contributed by atoms with Crippen LogP contribution in [0.25, 0.3) is 0 Å². The molecule has 0 aromatic heterocycles. The number of anilines is 1. The van der Waals surface area contributed by atoms with E-state index >= 15 is 0 Å². The van der Waals surface area contributed by atoms with Crippen molar-refractivity contribution in [2.75, 3.05) is 46.8 Å². The molecule has 1 heterocycles. The first-order valence-electron chi connectivity index (χ1n) is 16.0. The van der Waals surface area contributed by atoms with Crippen LogP contribution in [0, 0.1) is 11.8 Å². The van der Waals surface area contributed by atoms with Gasteiger partial charge in [0.05, 0.1) is 31.3 Å². The standard InChI is InChI=1S/C34H59N5O4/c1-11-27(20-32(40)37-25(5)34(43-22-35-7)28-14-16-29(36-8)17-15-28)30-13-12-18-39(30)33(41)21-31(42-10)26(6)38(9)24(4)19-23(2)3/h14-17,23,25-27,30-31,34-36H,4,11-13,18-22H2,1-3,5-10H3,(H,37,40)/t25-,26?,27?,30?,31?,34?/m1/s1. The fourth-order valence-corrected chi connectivity index (χ4v) is 6.21. The third-order valence-electron chi connectivity index (χ3n) is 8.88. The molecule has 0 bridgehead atoms. The lowest BCUT2D eigenvalue weighted by molar-refractivity contribution is -0.137. The van der Waals surface area contributed by atoms with E-state index in [1.54, 1.807) is 7.11 Å². The van der Waals surface area contributed by atoms with Gasteiger partial charge in [-0.2, -0.15) is 0 Å². The highest BCUT2D eigenvalue weighted by Gasteiger charge is 2.37. The average Bonchev–Trinajstić information content (AvgIpc) is 3.48. The molecule has 9 heteroatoms. The van der Waals surface area contributed by atoms with Crippen molar-refractivity contribution in [2.45, 2.75) is 103 Å². The van der Waals surface area contributed by atoms with E-state index in [0.29, 0.717) is 25.5 Å². The average molecular weight is 602 g/mol. The first-order chi connectivity index (χ1) is 20.5. The largest absolute Gasteiger partial charge is 0.388 e. The monoisotopic (exact) mass is 601 g/mol. The summed E-state index contributed by atoms with van der Waals surface area (Å²) < 4.78 is 11.9. The van der Waals surface area contributed by atoms with Crippen LogP contribution in [0.1, 0.15) is 84.8 Å². The van der Waals surface area contributed by atoms with Crippen LogP contribution in [0.4, 0.5) is 5.69 Å². The summed E-state index contributed by atoms with van der Waals surface area (Å²) in [5.41, 5.74) is 3.07. The number of hydrogen-bond donors (Lipinski definition) is 3. The zero-order valence-corrected chi connectivity index (χ0v) is 28.2. The van der Waals surface area contributed by atoms with Gasteiger partial charge < -0.3 is 29.9 Å². The van der Waals surface area contributed by atoms with Gasteiger partial charge in [-0.3, -0.25) is 14.9 Å². The number of carbonyl (C=O) groups is 2. The Morgan fingerprint density at radius 2 is 1.77 bits per heavy atom. The van der Waals surface area contributed by atoms with E-state index < -0.39 is 0 Å². The highest BCUT2D eigenvalue weighted by molar-refractivity contribution is 5.78. The molecular formula is C34H59N5O4. The molecule has 244 valence electrons. The molecule has 1 aliphatic rings. The van der Waals surface area contributed by atoms with Crippen molar-refractivity contribution in [3.63, 3.8) is 0 Å². The molecule has 9 nitrogen and oxygen atoms in total. The molecule has 0 radical (unpaired) electrons. The molecule has 1 aromatic carbocycles. The SMILES string of the molecule is C=C(CC(C)C)N(C)C(C)C(CC(=O)N1CCCC1C(CC)CC(=O)N[C@H](C)C(OCNC)c1ccc(NC)cc1)OC. The number of allylic oxidation sites excluding steroid dienone is 1. The smallest absolute Gasteiger partial charge is 0.225 e. The molecule has 1 aliphatic heterocycles. The van der Waals surface area contributed by atoms with Crippen molar-refractivity contribution in [1.29, 1.82) is 0 Å². The molecular weight excluding hydrogens is 542 g/mol. The molecule has 6 atom stereocenters. The van der Waals surface area contributed by atoms with Gasteiger partial charge in [0.1, 0.15) is 6.10 Å². The van der Waals surface area contributed by atoms with Gasteiger partial charge in [0, 0.05) is 51.6 Å². The minimum absolute atomic E-state index is 0.0165. The van der Waals surface area contributed by atoms with Gasteiger partial charge in [-0.05, 0) is 69.7 Å². The van der Waals surface area contributed by atoms with E-state index in [2.05, 4.69) is 55.1 Å². The molecule has 1 saturated heterocycles. The number of nitrogens with zero attached hydrogens (tertiary/aromatic N) is 2. The van der Waals surface area contributed by atoms with Gasteiger partial charge in [0.2, 0.25) is 11.8 Å². The lowest BCUT2D eigenvalue weighted by atomic mass is 9.90. The maximum atomic E-state index is 13.7. The van der Waals surface area contributed by atoms with Crippen LogP contribution in [-0.4, -0.2) is 87.4 Å². The minimum Gasteiger partial charge on any atom is -0.388 e. The third kappa shape index (κ3) is 10.8. The number of likely N-dealkylation sites (N-methyl/N-ethyl adjacent to an activating group) is 1. The molecule has 43 heavy (non-hydrogen) atoms. The second-order valence-corrected chi connectivity index (χ2v) is 12.5. The number of rotatable bonds is 19. The quantitative estimate of drug-likeness (QED) is 0.189. The van der Waals surface area contributed by atoms with Crippen molar-refractivity contribution in [1.82, 2.24) is 20.4 Å². The predicted molar refractivity (Wildman–Crippen MR) is 176 cm³/mol. The Kier molecular flexibility index (Phi) is 15.5. The van der Waals surface area contributed by atoms with Crippen LogP contribution in [0.5, 0.6) is 0 Å². The summed E-state index contributed by atoms with van der Waals surface area (Å²) in [6.45, 7) is 15.9. The number of methoxy groups -OCH3 is 1. The Labute approximate surface area is 261 Å². The lowest BCUT2D eigenvalue weighted by Crippen LogP contribution is -2.46. The van der Waals surface area contributed by atoms with E-state index in [4.69, 9.17) is 9.47 Å². The van der Waals surface area contributed by atoms with E-state index in [0.717, 1.165) is 49.2 Å². The molecule has 2 amide bonds. The van der Waals surface area contributed by atoms with Crippen molar-refractivity contribution >= 4 is 17.5 Å². The number of nitrogens with one attached hydrogen (secondary N) is 3. The Morgan fingerprint density at radius 1 is 1.09 bits per heavy atom. The summed E-state index contributed by atoms with van der Waals surface area (Å²) in [5.74, 6) is 0.675. The molecule has 5 unspecified atom stereocenters. The number of hydrogen-bond acceptors (Lipinski definition) is 7. The van der Waals surface area contributed by atoms with Crippen molar-refractivity contribution < 1.29 is 19.1 Å². The summed E-state index contributed by atoms with van der Waals surface area (Å²) in [6, 6.07) is 7.90. The number of amides is 2. The Bertz CT molecular complexity index is 1000. The highest BCUT2D eigenvalue weighted by Crippen LogP contribution is 2.31. The van der Waals surface area contributed by atoms with E-state index in [9.17, 15) is 9.59 Å². The first-order valence-corrected chi connectivity index (χ1v) is 16.0. The molecule has 1 aromatic rings. The first kappa shape index (κ1) is 36.6. The van der Waals surface area contributed by atoms with Gasteiger partial charge >= 0.3 is 0 Å². The molecule has 3 N–H and O–H groups in total. The minimum atomic E-state index is -0.297.